The molecule has 0 aliphatic heterocycles. The first-order valence-corrected chi connectivity index (χ1v) is 11.7. The summed E-state index contributed by atoms with van der Waals surface area (Å²) in [6.45, 7) is 2.25. The molecule has 4 rings (SSSR count). The van der Waals surface area contributed by atoms with Crippen molar-refractivity contribution in [3.63, 3.8) is 0 Å². The highest BCUT2D eigenvalue weighted by molar-refractivity contribution is 9.10. The van der Waals surface area contributed by atoms with E-state index in [2.05, 4.69) is 50.2 Å². The highest BCUT2D eigenvalue weighted by Crippen LogP contribution is 2.30. The molecule has 1 heterocycles. The van der Waals surface area contributed by atoms with Crippen LogP contribution in [0.2, 0.25) is 0 Å². The van der Waals surface area contributed by atoms with Crippen LogP contribution in [0.4, 0.5) is 0 Å². The minimum atomic E-state index is 0.429. The molecule has 0 unspecified atom stereocenters. The molecule has 2 aliphatic carbocycles. The highest BCUT2D eigenvalue weighted by Gasteiger charge is 2.19. The van der Waals surface area contributed by atoms with Crippen molar-refractivity contribution in [2.24, 2.45) is 11.7 Å². The molecule has 4 heteroatoms. The highest BCUT2D eigenvalue weighted by atomic mass is 79.9. The normalized spacial score (nSPS) is 24.5. The van der Waals surface area contributed by atoms with E-state index < -0.39 is 0 Å². The molecule has 0 atom stereocenters. The van der Waals surface area contributed by atoms with Crippen molar-refractivity contribution in [3.05, 3.63) is 34.4 Å². The Hall–Kier alpha value is -0.840. The number of rotatable bonds is 6. The zero-order valence-corrected chi connectivity index (χ0v) is 18.0. The second-order valence-corrected chi connectivity index (χ2v) is 9.70. The van der Waals surface area contributed by atoms with Crippen LogP contribution in [0.25, 0.3) is 10.9 Å². The zero-order chi connectivity index (χ0) is 18.6. The maximum Gasteiger partial charge on any atom is 0.0484 e. The van der Waals surface area contributed by atoms with Gasteiger partial charge in [0, 0.05) is 40.2 Å². The monoisotopic (exact) mass is 431 g/mol. The van der Waals surface area contributed by atoms with Crippen molar-refractivity contribution in [1.82, 2.24) is 9.88 Å². The van der Waals surface area contributed by atoms with Crippen molar-refractivity contribution in [2.45, 2.75) is 82.8 Å². The van der Waals surface area contributed by atoms with E-state index in [1.165, 1.54) is 85.3 Å². The molecule has 2 saturated carbocycles. The van der Waals surface area contributed by atoms with Gasteiger partial charge in [0.25, 0.3) is 0 Å². The van der Waals surface area contributed by atoms with Gasteiger partial charge in [0.2, 0.25) is 0 Å². The fourth-order valence-corrected chi connectivity index (χ4v) is 5.44. The molecule has 1 aromatic heterocycles. The molecule has 2 fully saturated rings. The lowest BCUT2D eigenvalue weighted by Crippen LogP contribution is -2.38. The third-order valence-corrected chi connectivity index (χ3v) is 7.20. The zero-order valence-electron chi connectivity index (χ0n) is 16.4. The second-order valence-electron chi connectivity index (χ2n) is 8.79. The van der Waals surface area contributed by atoms with Gasteiger partial charge in [-0.3, -0.25) is 0 Å². The first kappa shape index (κ1) is 19.5. The number of nitrogens with zero attached hydrogens (tertiary/aromatic N) is 1. The van der Waals surface area contributed by atoms with Gasteiger partial charge in [0.1, 0.15) is 0 Å². The number of halogens is 1. The van der Waals surface area contributed by atoms with E-state index in [0.717, 1.165) is 18.9 Å². The lowest BCUT2D eigenvalue weighted by molar-refractivity contribution is 0.322. The Morgan fingerprint density at radius 3 is 2.59 bits per heavy atom. The Morgan fingerprint density at radius 2 is 1.81 bits per heavy atom. The molecule has 0 amide bonds. The average Bonchev–Trinajstić information content (AvgIpc) is 3.01. The minimum Gasteiger partial charge on any atom is -0.347 e. The summed E-state index contributed by atoms with van der Waals surface area (Å²) in [6.07, 6.45) is 15.4. The van der Waals surface area contributed by atoms with Gasteiger partial charge in [-0.15, -0.1) is 0 Å². The van der Waals surface area contributed by atoms with Gasteiger partial charge in [0.15, 0.2) is 0 Å². The fraction of sp³-hybridized carbons (Fsp3) is 0.652. The molecular weight excluding hydrogens is 398 g/mol. The predicted molar refractivity (Wildman–Crippen MR) is 118 cm³/mol. The fourth-order valence-electron chi connectivity index (χ4n) is 5.08. The van der Waals surface area contributed by atoms with Crippen LogP contribution in [-0.4, -0.2) is 23.2 Å². The number of nitrogens with two attached hydrogens (primary N) is 1. The molecule has 0 bridgehead atoms. The maximum absolute atomic E-state index is 6.04. The van der Waals surface area contributed by atoms with Crippen molar-refractivity contribution < 1.29 is 0 Å². The van der Waals surface area contributed by atoms with Gasteiger partial charge in [-0.1, -0.05) is 35.2 Å². The van der Waals surface area contributed by atoms with Gasteiger partial charge in [-0.05, 0) is 81.2 Å². The Bertz CT molecular complexity index is 739. The van der Waals surface area contributed by atoms with Gasteiger partial charge < -0.3 is 15.6 Å². The van der Waals surface area contributed by atoms with Crippen molar-refractivity contribution >= 4 is 26.8 Å². The molecular formula is C23H34BrN3. The molecule has 2 aromatic rings. The van der Waals surface area contributed by atoms with Crippen LogP contribution in [0, 0.1) is 5.92 Å². The minimum absolute atomic E-state index is 0.429. The summed E-state index contributed by atoms with van der Waals surface area (Å²) in [5.74, 6) is 0.857. The summed E-state index contributed by atoms with van der Waals surface area (Å²) in [4.78, 5) is 0. The summed E-state index contributed by atoms with van der Waals surface area (Å²) >= 11 is 3.67. The molecule has 0 radical (unpaired) electrons. The van der Waals surface area contributed by atoms with Gasteiger partial charge in [-0.25, -0.2) is 0 Å². The van der Waals surface area contributed by atoms with E-state index in [4.69, 9.17) is 5.73 Å². The lowest BCUT2D eigenvalue weighted by atomic mass is 9.89. The van der Waals surface area contributed by atoms with E-state index in [0.29, 0.717) is 12.1 Å². The summed E-state index contributed by atoms with van der Waals surface area (Å²) in [5.41, 5.74) is 8.93. The van der Waals surface area contributed by atoms with Gasteiger partial charge >= 0.3 is 0 Å². The number of nitrogens with one attached hydrogen (secondary N) is 1. The maximum atomic E-state index is 6.04. The summed E-state index contributed by atoms with van der Waals surface area (Å²) in [7, 11) is 0. The number of hydrogen-bond acceptors (Lipinski definition) is 2. The Morgan fingerprint density at radius 1 is 1.04 bits per heavy atom. The molecule has 1 aromatic carbocycles. The third-order valence-electron chi connectivity index (χ3n) is 6.70. The lowest BCUT2D eigenvalue weighted by Gasteiger charge is -2.26. The van der Waals surface area contributed by atoms with E-state index in [1.807, 2.05) is 0 Å². The van der Waals surface area contributed by atoms with Crippen LogP contribution in [0.5, 0.6) is 0 Å². The van der Waals surface area contributed by atoms with E-state index in [9.17, 15) is 0 Å². The largest absolute Gasteiger partial charge is 0.347 e. The predicted octanol–water partition coefficient (Wildman–Crippen LogP) is 5.39. The van der Waals surface area contributed by atoms with Crippen LogP contribution < -0.4 is 11.1 Å². The summed E-state index contributed by atoms with van der Waals surface area (Å²) in [5, 5.41) is 5.21. The number of fused-ring (bicyclic) bond motifs is 1. The quantitative estimate of drug-likeness (QED) is 0.643. The van der Waals surface area contributed by atoms with Crippen LogP contribution in [0.1, 0.15) is 63.4 Å². The van der Waals surface area contributed by atoms with E-state index in [-0.39, 0.29) is 0 Å². The molecule has 0 saturated heterocycles. The van der Waals surface area contributed by atoms with Crippen LogP contribution in [0.3, 0.4) is 0 Å². The molecule has 2 aliphatic rings. The third kappa shape index (κ3) is 4.96. The smallest absolute Gasteiger partial charge is 0.0484 e. The topological polar surface area (TPSA) is 43.0 Å². The molecule has 0 spiro atoms. The van der Waals surface area contributed by atoms with Crippen molar-refractivity contribution in [1.29, 1.82) is 0 Å². The van der Waals surface area contributed by atoms with E-state index >= 15 is 0 Å². The Balaban J connectivity index is 1.43. The molecule has 3 nitrogen and oxygen atoms in total. The molecule has 3 N–H and O–H groups in total. The molecule has 148 valence electrons. The number of hydrogen-bond donors (Lipinski definition) is 2. The number of aromatic nitrogens is 1. The average molecular weight is 432 g/mol. The standard InChI is InChI=1S/C23H34BrN3/c24-19-6-11-23-22(14-19)18(12-13-26-21-9-7-20(25)8-10-21)16-27(23)15-17-4-2-1-3-5-17/h6,11,14,16-17,20-21,26H,1-5,7-10,12-13,15,25H2. The molecule has 27 heavy (non-hydrogen) atoms. The van der Waals surface area contributed by atoms with Crippen molar-refractivity contribution in [2.75, 3.05) is 6.54 Å². The Labute approximate surface area is 172 Å². The van der Waals surface area contributed by atoms with Crippen molar-refractivity contribution in [3.8, 4) is 0 Å². The first-order valence-electron chi connectivity index (χ1n) is 11.0. The van der Waals surface area contributed by atoms with Crippen LogP contribution >= 0.6 is 15.9 Å². The van der Waals surface area contributed by atoms with Gasteiger partial charge in [-0.2, -0.15) is 0 Å². The van der Waals surface area contributed by atoms with Crippen LogP contribution in [0.15, 0.2) is 28.9 Å². The summed E-state index contributed by atoms with van der Waals surface area (Å²) < 4.78 is 3.72. The SMILES string of the molecule is NC1CCC(NCCc2cn(CC3CCCCC3)c3ccc(Br)cc23)CC1. The number of benzene rings is 1. The Kier molecular flexibility index (Phi) is 6.57. The first-order chi connectivity index (χ1) is 13.2. The van der Waals surface area contributed by atoms with Gasteiger partial charge in [0.05, 0.1) is 0 Å². The van der Waals surface area contributed by atoms with E-state index in [1.54, 1.807) is 0 Å². The van der Waals surface area contributed by atoms with Crippen LogP contribution in [-0.2, 0) is 13.0 Å². The second kappa shape index (κ2) is 9.11. The summed E-state index contributed by atoms with van der Waals surface area (Å²) in [6, 6.07) is 7.88.